The number of hydrogen-bond acceptors (Lipinski definition) is 1. The van der Waals surface area contributed by atoms with E-state index in [1.165, 1.54) is 107 Å². The Labute approximate surface area is 299 Å². The van der Waals surface area contributed by atoms with Crippen LogP contribution in [0.15, 0.2) is 182 Å². The van der Waals surface area contributed by atoms with Gasteiger partial charge in [0.2, 0.25) is 0 Å². The van der Waals surface area contributed by atoms with Crippen molar-refractivity contribution in [3.8, 4) is 33.4 Å². The van der Waals surface area contributed by atoms with Crippen molar-refractivity contribution in [1.29, 1.82) is 0 Å². The van der Waals surface area contributed by atoms with E-state index in [0.29, 0.717) is 0 Å². The van der Waals surface area contributed by atoms with E-state index in [1.807, 2.05) is 11.3 Å². The summed E-state index contributed by atoms with van der Waals surface area (Å²) in [5.41, 5.74) is 7.60. The van der Waals surface area contributed by atoms with E-state index in [-0.39, 0.29) is 0 Å². The summed E-state index contributed by atoms with van der Waals surface area (Å²) < 4.78 is 2.68. The molecule has 0 atom stereocenters. The minimum Gasteiger partial charge on any atom is -0.135 e. The standard InChI is InChI=1S/C50H30S/c1-2-12-31(13-3-1)49-40-18-8-10-20-42(40)50(43-21-11-9-19-41(43)49)44-25-24-37(38-16-6-7-17-39(38)44)35-23-22-34-28-46-45-27-32-14-4-5-15-33(32)29-47(45)51-48(46)30-36(34)26-35/h1-30H. The van der Waals surface area contributed by atoms with Gasteiger partial charge in [-0.1, -0.05) is 152 Å². The lowest BCUT2D eigenvalue weighted by molar-refractivity contribution is 1.65. The van der Waals surface area contributed by atoms with Crippen LogP contribution in [0.5, 0.6) is 0 Å². The Balaban J connectivity index is 1.12. The highest BCUT2D eigenvalue weighted by atomic mass is 32.1. The van der Waals surface area contributed by atoms with Crippen LogP contribution < -0.4 is 0 Å². The van der Waals surface area contributed by atoms with Gasteiger partial charge >= 0.3 is 0 Å². The van der Waals surface area contributed by atoms with E-state index < -0.39 is 0 Å². The first kappa shape index (κ1) is 28.5. The van der Waals surface area contributed by atoms with E-state index in [0.717, 1.165) is 0 Å². The van der Waals surface area contributed by atoms with Crippen LogP contribution in [-0.2, 0) is 0 Å². The highest BCUT2D eigenvalue weighted by Crippen LogP contribution is 2.47. The first-order valence-electron chi connectivity index (χ1n) is 17.6. The fourth-order valence-electron chi connectivity index (χ4n) is 8.48. The zero-order valence-electron chi connectivity index (χ0n) is 27.7. The second-order valence-electron chi connectivity index (χ2n) is 13.6. The molecule has 0 saturated heterocycles. The van der Waals surface area contributed by atoms with Gasteiger partial charge in [0.1, 0.15) is 0 Å². The number of thiophene rings is 1. The van der Waals surface area contributed by atoms with E-state index in [1.54, 1.807) is 0 Å². The third-order valence-corrected chi connectivity index (χ3v) is 11.9. The molecule has 0 aliphatic rings. The van der Waals surface area contributed by atoms with E-state index in [2.05, 4.69) is 182 Å². The van der Waals surface area contributed by atoms with Crippen LogP contribution in [0, 0.1) is 0 Å². The molecule has 0 amide bonds. The third kappa shape index (κ3) is 4.39. The van der Waals surface area contributed by atoms with Gasteiger partial charge in [-0.3, -0.25) is 0 Å². The molecule has 1 aromatic heterocycles. The number of benzene rings is 10. The maximum Gasteiger partial charge on any atom is 0.0361 e. The normalized spacial score (nSPS) is 11.9. The van der Waals surface area contributed by atoms with Gasteiger partial charge in [-0.15, -0.1) is 11.3 Å². The summed E-state index contributed by atoms with van der Waals surface area (Å²) in [5.74, 6) is 0. The van der Waals surface area contributed by atoms with Crippen molar-refractivity contribution in [2.45, 2.75) is 0 Å². The van der Waals surface area contributed by atoms with Gasteiger partial charge in [-0.05, 0) is 118 Å². The van der Waals surface area contributed by atoms with Crippen LogP contribution in [0.2, 0.25) is 0 Å². The highest BCUT2D eigenvalue weighted by molar-refractivity contribution is 7.26. The molecule has 10 aromatic carbocycles. The van der Waals surface area contributed by atoms with Crippen molar-refractivity contribution in [3.05, 3.63) is 182 Å². The predicted octanol–water partition coefficient (Wildman–Crippen LogP) is 14.8. The van der Waals surface area contributed by atoms with Crippen molar-refractivity contribution in [2.75, 3.05) is 0 Å². The summed E-state index contributed by atoms with van der Waals surface area (Å²) in [6, 6.07) is 67.5. The molecule has 1 heteroatoms. The quantitative estimate of drug-likeness (QED) is 0.165. The second-order valence-corrected chi connectivity index (χ2v) is 14.7. The maximum absolute atomic E-state index is 2.40. The second kappa shape index (κ2) is 11.1. The largest absolute Gasteiger partial charge is 0.135 e. The van der Waals surface area contributed by atoms with Crippen LogP contribution in [0.25, 0.3) is 107 Å². The molecular formula is C50H30S. The molecule has 236 valence electrons. The lowest BCUT2D eigenvalue weighted by atomic mass is 9.84. The minimum absolute atomic E-state index is 1.24. The molecule has 11 rings (SSSR count). The van der Waals surface area contributed by atoms with Gasteiger partial charge in [0, 0.05) is 20.2 Å². The number of hydrogen-bond donors (Lipinski definition) is 0. The maximum atomic E-state index is 2.40. The molecule has 0 bridgehead atoms. The lowest BCUT2D eigenvalue weighted by Gasteiger charge is -2.19. The molecular weight excluding hydrogens is 633 g/mol. The van der Waals surface area contributed by atoms with Crippen molar-refractivity contribution in [2.24, 2.45) is 0 Å². The molecule has 1 heterocycles. The summed E-state index contributed by atoms with van der Waals surface area (Å²) in [6.45, 7) is 0. The average Bonchev–Trinajstić information content (AvgIpc) is 3.53. The highest BCUT2D eigenvalue weighted by Gasteiger charge is 2.19. The smallest absolute Gasteiger partial charge is 0.0361 e. The average molecular weight is 663 g/mol. The van der Waals surface area contributed by atoms with Gasteiger partial charge in [0.05, 0.1) is 0 Å². The number of fused-ring (bicyclic) bond motifs is 8. The van der Waals surface area contributed by atoms with Crippen LogP contribution in [0.3, 0.4) is 0 Å². The van der Waals surface area contributed by atoms with Gasteiger partial charge in [-0.2, -0.15) is 0 Å². The molecule has 0 radical (unpaired) electrons. The molecule has 0 saturated carbocycles. The van der Waals surface area contributed by atoms with Crippen molar-refractivity contribution in [3.63, 3.8) is 0 Å². The Morgan fingerprint density at radius 3 is 1.37 bits per heavy atom. The lowest BCUT2D eigenvalue weighted by Crippen LogP contribution is -1.92. The molecule has 0 aliphatic heterocycles. The molecule has 11 aromatic rings. The summed E-state index contributed by atoms with van der Waals surface area (Å²) in [6.07, 6.45) is 0. The first-order chi connectivity index (χ1) is 25.3. The van der Waals surface area contributed by atoms with Crippen molar-refractivity contribution in [1.82, 2.24) is 0 Å². The van der Waals surface area contributed by atoms with Crippen LogP contribution >= 0.6 is 11.3 Å². The molecule has 0 fully saturated rings. The van der Waals surface area contributed by atoms with Crippen molar-refractivity contribution >= 4 is 85.4 Å². The first-order valence-corrected chi connectivity index (χ1v) is 18.4. The van der Waals surface area contributed by atoms with Crippen LogP contribution in [-0.4, -0.2) is 0 Å². The fraction of sp³-hybridized carbons (Fsp3) is 0. The molecule has 0 nitrogen and oxygen atoms in total. The Morgan fingerprint density at radius 2 is 0.725 bits per heavy atom. The molecule has 0 spiro atoms. The molecule has 0 unspecified atom stereocenters. The summed E-state index contributed by atoms with van der Waals surface area (Å²) >= 11 is 1.90. The SMILES string of the molecule is c1ccc(-c2c3ccccc3c(-c3ccc(-c4ccc5cc6c(cc5c4)sc4cc5ccccc5cc46)c4ccccc34)c3ccccc23)cc1. The van der Waals surface area contributed by atoms with Gasteiger partial charge < -0.3 is 0 Å². The number of rotatable bonds is 3. The fourth-order valence-corrected chi connectivity index (χ4v) is 9.64. The van der Waals surface area contributed by atoms with E-state index in [9.17, 15) is 0 Å². The minimum atomic E-state index is 1.24. The van der Waals surface area contributed by atoms with Gasteiger partial charge in [-0.25, -0.2) is 0 Å². The van der Waals surface area contributed by atoms with E-state index in [4.69, 9.17) is 0 Å². The third-order valence-electron chi connectivity index (χ3n) is 10.8. The summed E-state index contributed by atoms with van der Waals surface area (Å²) in [7, 11) is 0. The van der Waals surface area contributed by atoms with E-state index >= 15 is 0 Å². The van der Waals surface area contributed by atoms with Gasteiger partial charge in [0.15, 0.2) is 0 Å². The Morgan fingerprint density at radius 1 is 0.255 bits per heavy atom. The molecule has 51 heavy (non-hydrogen) atoms. The topological polar surface area (TPSA) is 0 Å². The summed E-state index contributed by atoms with van der Waals surface area (Å²) in [5, 5.41) is 15.5. The van der Waals surface area contributed by atoms with Gasteiger partial charge in [0.25, 0.3) is 0 Å². The van der Waals surface area contributed by atoms with Crippen LogP contribution in [0.1, 0.15) is 0 Å². The zero-order valence-corrected chi connectivity index (χ0v) is 28.5. The Bertz CT molecular complexity index is 3130. The monoisotopic (exact) mass is 662 g/mol. The summed E-state index contributed by atoms with van der Waals surface area (Å²) in [4.78, 5) is 0. The Kier molecular flexibility index (Phi) is 6.22. The van der Waals surface area contributed by atoms with Crippen molar-refractivity contribution < 1.29 is 0 Å². The zero-order chi connectivity index (χ0) is 33.5. The predicted molar refractivity (Wildman–Crippen MR) is 223 cm³/mol. The molecule has 0 N–H and O–H groups in total. The van der Waals surface area contributed by atoms with Crippen LogP contribution in [0.4, 0.5) is 0 Å². The Hall–Kier alpha value is -6.28. The molecule has 0 aliphatic carbocycles.